The summed E-state index contributed by atoms with van der Waals surface area (Å²) in [4.78, 5) is 14.5. The summed E-state index contributed by atoms with van der Waals surface area (Å²) in [7, 11) is 0. The molecule has 0 spiro atoms. The standard InChI is InChI=1S/C14H25NO2/c1-3-4-6-11(2)14(16)15-9-5-7-13-12(15)8-10-17-13/h11-13H,3-10H2,1-2H3/t11-,12+,13+/m0/s1. The zero-order valence-electron chi connectivity index (χ0n) is 11.2. The first-order valence-corrected chi connectivity index (χ1v) is 7.16. The number of unbranched alkanes of at least 4 members (excludes halogenated alkanes) is 1. The van der Waals surface area contributed by atoms with E-state index in [9.17, 15) is 4.79 Å². The van der Waals surface area contributed by atoms with Gasteiger partial charge in [0.1, 0.15) is 0 Å². The summed E-state index contributed by atoms with van der Waals surface area (Å²) < 4.78 is 5.70. The second kappa shape index (κ2) is 5.85. The van der Waals surface area contributed by atoms with Crippen molar-refractivity contribution in [1.29, 1.82) is 0 Å². The first kappa shape index (κ1) is 12.9. The van der Waals surface area contributed by atoms with E-state index in [1.165, 1.54) is 6.42 Å². The van der Waals surface area contributed by atoms with Gasteiger partial charge in [0.2, 0.25) is 5.91 Å². The molecular formula is C14H25NO2. The summed E-state index contributed by atoms with van der Waals surface area (Å²) in [6.45, 7) is 6.04. The summed E-state index contributed by atoms with van der Waals surface area (Å²) in [6, 6.07) is 0.375. The molecule has 0 aromatic rings. The number of nitrogens with zero attached hydrogens (tertiary/aromatic N) is 1. The number of ether oxygens (including phenoxy) is 1. The van der Waals surface area contributed by atoms with Crippen molar-refractivity contribution >= 4 is 5.91 Å². The van der Waals surface area contributed by atoms with Crippen molar-refractivity contribution in [3.63, 3.8) is 0 Å². The number of amides is 1. The third-order valence-corrected chi connectivity index (χ3v) is 4.16. The van der Waals surface area contributed by atoms with E-state index in [1.807, 2.05) is 0 Å². The molecule has 2 heterocycles. The Kier molecular flexibility index (Phi) is 4.43. The van der Waals surface area contributed by atoms with E-state index in [-0.39, 0.29) is 5.92 Å². The molecule has 17 heavy (non-hydrogen) atoms. The highest BCUT2D eigenvalue weighted by Crippen LogP contribution is 2.29. The number of hydrogen-bond acceptors (Lipinski definition) is 2. The molecule has 1 amide bonds. The molecule has 3 atom stereocenters. The number of rotatable bonds is 4. The van der Waals surface area contributed by atoms with Crippen LogP contribution in [0, 0.1) is 5.92 Å². The van der Waals surface area contributed by atoms with E-state index in [0.717, 1.165) is 45.3 Å². The molecule has 2 aliphatic rings. The molecule has 2 fully saturated rings. The Balaban J connectivity index is 1.93. The molecule has 98 valence electrons. The normalized spacial score (nSPS) is 30.1. The number of likely N-dealkylation sites (tertiary alicyclic amines) is 1. The minimum atomic E-state index is 0.189. The molecule has 0 N–H and O–H groups in total. The van der Waals surface area contributed by atoms with Gasteiger partial charge in [-0.25, -0.2) is 0 Å². The van der Waals surface area contributed by atoms with E-state index in [4.69, 9.17) is 4.74 Å². The van der Waals surface area contributed by atoms with Gasteiger partial charge in [-0.1, -0.05) is 26.7 Å². The summed E-state index contributed by atoms with van der Waals surface area (Å²) >= 11 is 0. The summed E-state index contributed by atoms with van der Waals surface area (Å²) in [6.07, 6.45) is 6.97. The van der Waals surface area contributed by atoms with Gasteiger partial charge in [0.15, 0.2) is 0 Å². The van der Waals surface area contributed by atoms with E-state index >= 15 is 0 Å². The Morgan fingerprint density at radius 1 is 1.47 bits per heavy atom. The van der Waals surface area contributed by atoms with Crippen LogP contribution in [-0.2, 0) is 9.53 Å². The predicted molar refractivity (Wildman–Crippen MR) is 67.8 cm³/mol. The van der Waals surface area contributed by atoms with Crippen LogP contribution in [0.15, 0.2) is 0 Å². The topological polar surface area (TPSA) is 29.5 Å². The molecule has 2 saturated heterocycles. The molecule has 2 aliphatic heterocycles. The fourth-order valence-electron chi connectivity index (χ4n) is 3.09. The molecule has 3 heteroatoms. The van der Waals surface area contributed by atoms with Crippen molar-refractivity contribution < 1.29 is 9.53 Å². The van der Waals surface area contributed by atoms with Gasteiger partial charge in [-0.2, -0.15) is 0 Å². The average Bonchev–Trinajstić information content (AvgIpc) is 2.82. The van der Waals surface area contributed by atoms with Gasteiger partial charge in [-0.3, -0.25) is 4.79 Å². The molecule has 0 bridgehead atoms. The monoisotopic (exact) mass is 239 g/mol. The zero-order valence-corrected chi connectivity index (χ0v) is 11.2. The fraction of sp³-hybridized carbons (Fsp3) is 0.929. The van der Waals surface area contributed by atoms with Crippen LogP contribution in [0.25, 0.3) is 0 Å². The number of fused-ring (bicyclic) bond motifs is 1. The average molecular weight is 239 g/mol. The molecule has 0 radical (unpaired) electrons. The lowest BCUT2D eigenvalue weighted by atomic mass is 9.95. The first-order chi connectivity index (χ1) is 8.24. The Morgan fingerprint density at radius 3 is 3.06 bits per heavy atom. The second-order valence-electron chi connectivity index (χ2n) is 5.48. The maximum absolute atomic E-state index is 12.4. The van der Waals surface area contributed by atoms with Gasteiger partial charge in [0, 0.05) is 19.1 Å². The summed E-state index contributed by atoms with van der Waals surface area (Å²) in [5.74, 6) is 0.549. The molecule has 0 saturated carbocycles. The van der Waals surface area contributed by atoms with Crippen molar-refractivity contribution in [2.45, 2.75) is 64.5 Å². The zero-order chi connectivity index (χ0) is 12.3. The van der Waals surface area contributed by atoms with Crippen LogP contribution >= 0.6 is 0 Å². The minimum Gasteiger partial charge on any atom is -0.376 e. The van der Waals surface area contributed by atoms with Crippen molar-refractivity contribution in [3.05, 3.63) is 0 Å². The molecule has 0 aliphatic carbocycles. The Bertz CT molecular complexity index is 267. The Hall–Kier alpha value is -0.570. The summed E-state index contributed by atoms with van der Waals surface area (Å²) in [5.41, 5.74) is 0. The van der Waals surface area contributed by atoms with E-state index in [1.54, 1.807) is 0 Å². The highest BCUT2D eigenvalue weighted by molar-refractivity contribution is 5.79. The molecule has 0 unspecified atom stereocenters. The number of carbonyl (C=O) groups excluding carboxylic acids is 1. The van der Waals surface area contributed by atoms with Crippen molar-refractivity contribution in [2.75, 3.05) is 13.2 Å². The minimum absolute atomic E-state index is 0.189. The van der Waals surface area contributed by atoms with Gasteiger partial charge >= 0.3 is 0 Å². The number of hydrogen-bond donors (Lipinski definition) is 0. The van der Waals surface area contributed by atoms with Crippen LogP contribution in [0.4, 0.5) is 0 Å². The van der Waals surface area contributed by atoms with Crippen LogP contribution in [0.3, 0.4) is 0 Å². The largest absolute Gasteiger partial charge is 0.376 e. The second-order valence-corrected chi connectivity index (χ2v) is 5.48. The van der Waals surface area contributed by atoms with Crippen molar-refractivity contribution in [1.82, 2.24) is 4.90 Å². The molecule has 0 aromatic carbocycles. The molecule has 0 aromatic heterocycles. The molecule has 3 nitrogen and oxygen atoms in total. The smallest absolute Gasteiger partial charge is 0.225 e. The quantitative estimate of drug-likeness (QED) is 0.754. The Labute approximate surface area is 105 Å². The van der Waals surface area contributed by atoms with Crippen molar-refractivity contribution in [3.8, 4) is 0 Å². The predicted octanol–water partition coefficient (Wildman–Crippen LogP) is 2.59. The SMILES string of the molecule is CCCC[C@H](C)C(=O)N1CCC[C@H]2OCC[C@H]21. The fourth-order valence-corrected chi connectivity index (χ4v) is 3.09. The van der Waals surface area contributed by atoms with Gasteiger partial charge in [-0.05, 0) is 25.7 Å². The molecule has 2 rings (SSSR count). The van der Waals surface area contributed by atoms with Crippen molar-refractivity contribution in [2.24, 2.45) is 5.92 Å². The van der Waals surface area contributed by atoms with Crippen LogP contribution in [0.2, 0.25) is 0 Å². The highest BCUT2D eigenvalue weighted by Gasteiger charge is 2.39. The summed E-state index contributed by atoms with van der Waals surface area (Å²) in [5, 5.41) is 0. The maximum atomic E-state index is 12.4. The van der Waals surface area contributed by atoms with E-state index in [2.05, 4.69) is 18.7 Å². The maximum Gasteiger partial charge on any atom is 0.225 e. The van der Waals surface area contributed by atoms with E-state index < -0.39 is 0 Å². The third-order valence-electron chi connectivity index (χ3n) is 4.16. The third kappa shape index (κ3) is 2.82. The lowest BCUT2D eigenvalue weighted by Gasteiger charge is -2.38. The van der Waals surface area contributed by atoms with Gasteiger partial charge in [-0.15, -0.1) is 0 Å². The van der Waals surface area contributed by atoms with Gasteiger partial charge in [0.05, 0.1) is 12.1 Å². The lowest BCUT2D eigenvalue weighted by molar-refractivity contribution is -0.140. The lowest BCUT2D eigenvalue weighted by Crippen LogP contribution is -2.50. The number of piperidine rings is 1. The van der Waals surface area contributed by atoms with Gasteiger partial charge < -0.3 is 9.64 Å². The van der Waals surface area contributed by atoms with Crippen LogP contribution < -0.4 is 0 Å². The van der Waals surface area contributed by atoms with Crippen LogP contribution in [0.1, 0.15) is 52.4 Å². The number of carbonyl (C=O) groups is 1. The molecular weight excluding hydrogens is 214 g/mol. The van der Waals surface area contributed by atoms with Crippen LogP contribution in [-0.4, -0.2) is 36.1 Å². The Morgan fingerprint density at radius 2 is 2.29 bits per heavy atom. The van der Waals surface area contributed by atoms with Gasteiger partial charge in [0.25, 0.3) is 0 Å². The first-order valence-electron chi connectivity index (χ1n) is 7.16. The highest BCUT2D eigenvalue weighted by atomic mass is 16.5. The van der Waals surface area contributed by atoms with Crippen LogP contribution in [0.5, 0.6) is 0 Å². The van der Waals surface area contributed by atoms with E-state index in [0.29, 0.717) is 18.1 Å².